The highest BCUT2D eigenvalue weighted by Crippen LogP contribution is 2.36. The van der Waals surface area contributed by atoms with E-state index in [0.717, 1.165) is 31.4 Å². The van der Waals surface area contributed by atoms with Crippen LogP contribution in [0.4, 0.5) is 0 Å². The summed E-state index contributed by atoms with van der Waals surface area (Å²) in [6.07, 6.45) is 9.18. The molecule has 8 heteroatoms. The van der Waals surface area contributed by atoms with Crippen LogP contribution in [0.1, 0.15) is 59.8 Å². The molecule has 28 heavy (non-hydrogen) atoms. The fourth-order valence-electron chi connectivity index (χ4n) is 3.79. The lowest BCUT2D eigenvalue weighted by Gasteiger charge is -2.35. The molecule has 3 rings (SSSR count). The van der Waals surface area contributed by atoms with Crippen LogP contribution >= 0.6 is 0 Å². The second-order valence-electron chi connectivity index (χ2n) is 8.79. The van der Waals surface area contributed by atoms with Crippen molar-refractivity contribution in [2.45, 2.75) is 77.0 Å². The van der Waals surface area contributed by atoms with Crippen LogP contribution in [-0.2, 0) is 9.31 Å². The average Bonchev–Trinajstić information content (AvgIpc) is 2.88. The maximum absolute atomic E-state index is 9.21. The van der Waals surface area contributed by atoms with Gasteiger partial charge in [0, 0.05) is 30.4 Å². The normalized spacial score (nSPS) is 24.5. The molecule has 2 saturated heterocycles. The SMILES string of the molecule is CC1(C)OB(c2cnc(OCCC[C@H]3CCCCN3CCO)nc2)OC1(C)C. The van der Waals surface area contributed by atoms with E-state index in [4.69, 9.17) is 14.0 Å². The fraction of sp³-hybridized carbons (Fsp3) is 0.800. The van der Waals surface area contributed by atoms with Crippen molar-refractivity contribution in [2.24, 2.45) is 0 Å². The average molecular weight is 391 g/mol. The molecule has 2 fully saturated rings. The lowest BCUT2D eigenvalue weighted by atomic mass is 9.81. The second kappa shape index (κ2) is 9.07. The Bertz CT molecular complexity index is 608. The third-order valence-electron chi connectivity index (χ3n) is 6.22. The molecule has 0 radical (unpaired) electrons. The summed E-state index contributed by atoms with van der Waals surface area (Å²) in [7, 11) is -0.456. The number of aliphatic hydroxyl groups excluding tert-OH is 1. The standard InChI is InChI=1S/C20H34BN3O4/c1-19(2)20(3,4)28-21(27-19)16-14-22-18(23-15-16)26-13-7-9-17-8-5-6-10-24(17)11-12-25/h14-15,17,25H,5-13H2,1-4H3/t17-/m1/s1. The Kier molecular flexibility index (Phi) is 6.96. The summed E-state index contributed by atoms with van der Waals surface area (Å²) >= 11 is 0. The quantitative estimate of drug-likeness (QED) is 0.535. The molecule has 3 heterocycles. The number of aliphatic hydroxyl groups is 1. The minimum atomic E-state index is -0.456. The molecule has 7 nitrogen and oxygen atoms in total. The van der Waals surface area contributed by atoms with Gasteiger partial charge in [0.05, 0.1) is 24.4 Å². The molecular formula is C20H34BN3O4. The third kappa shape index (κ3) is 5.03. The van der Waals surface area contributed by atoms with E-state index < -0.39 is 7.12 Å². The summed E-state index contributed by atoms with van der Waals surface area (Å²) in [6.45, 7) is 10.8. The minimum absolute atomic E-state index is 0.232. The van der Waals surface area contributed by atoms with Gasteiger partial charge in [0.25, 0.3) is 0 Å². The number of piperidine rings is 1. The van der Waals surface area contributed by atoms with Crippen molar-refractivity contribution >= 4 is 12.6 Å². The highest BCUT2D eigenvalue weighted by atomic mass is 16.7. The van der Waals surface area contributed by atoms with E-state index >= 15 is 0 Å². The number of hydrogen-bond donors (Lipinski definition) is 1. The van der Waals surface area contributed by atoms with E-state index in [-0.39, 0.29) is 17.8 Å². The molecule has 1 N–H and O–H groups in total. The van der Waals surface area contributed by atoms with Crippen molar-refractivity contribution in [3.63, 3.8) is 0 Å². The van der Waals surface area contributed by atoms with E-state index in [2.05, 4.69) is 14.9 Å². The van der Waals surface area contributed by atoms with Crippen LogP contribution in [0.2, 0.25) is 0 Å². The molecule has 2 aliphatic heterocycles. The third-order valence-corrected chi connectivity index (χ3v) is 6.22. The van der Waals surface area contributed by atoms with Crippen LogP contribution in [0.25, 0.3) is 0 Å². The van der Waals surface area contributed by atoms with Crippen LogP contribution in [0.3, 0.4) is 0 Å². The van der Waals surface area contributed by atoms with Crippen molar-refractivity contribution in [2.75, 3.05) is 26.3 Å². The lowest BCUT2D eigenvalue weighted by molar-refractivity contribution is 0.00578. The smallest absolute Gasteiger partial charge is 0.463 e. The van der Waals surface area contributed by atoms with Gasteiger partial charge in [-0.25, -0.2) is 9.97 Å². The van der Waals surface area contributed by atoms with Gasteiger partial charge < -0.3 is 19.2 Å². The van der Waals surface area contributed by atoms with E-state index in [1.807, 2.05) is 27.7 Å². The minimum Gasteiger partial charge on any atom is -0.463 e. The van der Waals surface area contributed by atoms with Crippen molar-refractivity contribution in [3.8, 4) is 6.01 Å². The molecular weight excluding hydrogens is 357 g/mol. The fourth-order valence-corrected chi connectivity index (χ4v) is 3.79. The first-order chi connectivity index (χ1) is 13.3. The van der Waals surface area contributed by atoms with Crippen LogP contribution < -0.4 is 10.2 Å². The number of hydrogen-bond acceptors (Lipinski definition) is 7. The van der Waals surface area contributed by atoms with Gasteiger partial charge in [-0.2, -0.15) is 0 Å². The van der Waals surface area contributed by atoms with Crippen molar-refractivity contribution in [1.82, 2.24) is 14.9 Å². The Labute approximate surface area is 168 Å². The van der Waals surface area contributed by atoms with Gasteiger partial charge in [-0.05, 0) is 59.9 Å². The summed E-state index contributed by atoms with van der Waals surface area (Å²) in [4.78, 5) is 11.0. The number of aromatic nitrogens is 2. The maximum Gasteiger partial charge on any atom is 0.498 e. The summed E-state index contributed by atoms with van der Waals surface area (Å²) in [5.74, 6) is 0. The Morgan fingerprint density at radius 3 is 2.50 bits per heavy atom. The largest absolute Gasteiger partial charge is 0.498 e. The molecule has 0 unspecified atom stereocenters. The Hall–Kier alpha value is -1.22. The monoisotopic (exact) mass is 391 g/mol. The summed E-state index contributed by atoms with van der Waals surface area (Å²) in [5.41, 5.74) is 0.0407. The zero-order valence-corrected chi connectivity index (χ0v) is 17.7. The molecule has 0 spiro atoms. The molecule has 0 saturated carbocycles. The second-order valence-corrected chi connectivity index (χ2v) is 8.79. The number of β-amino-alcohol motifs (C(OH)–C–C–N with tert-alkyl or cyclic N) is 1. The molecule has 1 aromatic heterocycles. The maximum atomic E-state index is 9.21. The molecule has 156 valence electrons. The zero-order chi connectivity index (χ0) is 20.2. The summed E-state index contributed by atoms with van der Waals surface area (Å²) < 4.78 is 17.8. The topological polar surface area (TPSA) is 76.9 Å². The van der Waals surface area contributed by atoms with Gasteiger partial charge in [0.2, 0.25) is 0 Å². The van der Waals surface area contributed by atoms with E-state index in [0.29, 0.717) is 18.7 Å². The number of likely N-dealkylation sites (tertiary alicyclic amines) is 1. The van der Waals surface area contributed by atoms with Gasteiger partial charge in [-0.1, -0.05) is 6.42 Å². The first-order valence-electron chi connectivity index (χ1n) is 10.5. The summed E-state index contributed by atoms with van der Waals surface area (Å²) in [5, 5.41) is 9.21. The molecule has 0 bridgehead atoms. The Morgan fingerprint density at radius 2 is 1.86 bits per heavy atom. The first-order valence-corrected chi connectivity index (χ1v) is 10.5. The molecule has 1 atom stereocenters. The van der Waals surface area contributed by atoms with Crippen molar-refractivity contribution in [3.05, 3.63) is 12.4 Å². The van der Waals surface area contributed by atoms with Gasteiger partial charge >= 0.3 is 13.1 Å². The van der Waals surface area contributed by atoms with Crippen molar-refractivity contribution in [1.29, 1.82) is 0 Å². The lowest BCUT2D eigenvalue weighted by Crippen LogP contribution is -2.41. The molecule has 2 aliphatic rings. The number of nitrogens with zero attached hydrogens (tertiary/aromatic N) is 3. The predicted octanol–water partition coefficient (Wildman–Crippen LogP) is 1.78. The van der Waals surface area contributed by atoms with Crippen LogP contribution in [0.15, 0.2) is 12.4 Å². The van der Waals surface area contributed by atoms with Crippen LogP contribution in [-0.4, -0.2) is 70.6 Å². The van der Waals surface area contributed by atoms with Gasteiger partial charge in [0.15, 0.2) is 0 Å². The molecule has 0 aliphatic carbocycles. The molecule has 0 aromatic carbocycles. The van der Waals surface area contributed by atoms with Gasteiger partial charge in [-0.3, -0.25) is 4.90 Å². The zero-order valence-electron chi connectivity index (χ0n) is 17.7. The predicted molar refractivity (Wildman–Crippen MR) is 109 cm³/mol. The highest BCUT2D eigenvalue weighted by molar-refractivity contribution is 6.61. The van der Waals surface area contributed by atoms with Gasteiger partial charge in [0.1, 0.15) is 0 Å². The van der Waals surface area contributed by atoms with Crippen LogP contribution in [0, 0.1) is 0 Å². The first kappa shape index (κ1) is 21.5. The van der Waals surface area contributed by atoms with Gasteiger partial charge in [-0.15, -0.1) is 0 Å². The van der Waals surface area contributed by atoms with Crippen LogP contribution in [0.5, 0.6) is 6.01 Å². The van der Waals surface area contributed by atoms with E-state index in [1.165, 1.54) is 19.3 Å². The summed E-state index contributed by atoms with van der Waals surface area (Å²) in [6, 6.07) is 0.937. The highest BCUT2D eigenvalue weighted by Gasteiger charge is 2.51. The van der Waals surface area contributed by atoms with Crippen molar-refractivity contribution < 1.29 is 19.2 Å². The van der Waals surface area contributed by atoms with E-state index in [9.17, 15) is 5.11 Å². The Balaban J connectivity index is 1.44. The molecule has 1 aromatic rings. The number of rotatable bonds is 8. The Morgan fingerprint density at radius 1 is 1.18 bits per heavy atom. The number of ether oxygens (including phenoxy) is 1. The molecule has 0 amide bonds. The van der Waals surface area contributed by atoms with E-state index in [1.54, 1.807) is 12.4 Å².